The molecular weight excluding hydrogens is 441 g/mol. The van der Waals surface area contributed by atoms with Gasteiger partial charge in [0.1, 0.15) is 33.1 Å². The van der Waals surface area contributed by atoms with Crippen LogP contribution in [0.1, 0.15) is 38.4 Å². The predicted octanol–water partition coefficient (Wildman–Crippen LogP) is 4.91. The second kappa shape index (κ2) is 7.63. The first-order valence-electron chi connectivity index (χ1n) is 10.5. The van der Waals surface area contributed by atoms with Crippen LogP contribution in [0.5, 0.6) is 0 Å². The van der Waals surface area contributed by atoms with Crippen molar-refractivity contribution in [1.82, 2.24) is 24.8 Å². The molecule has 0 fully saturated rings. The van der Waals surface area contributed by atoms with Gasteiger partial charge in [0.15, 0.2) is 0 Å². The first-order valence-corrected chi connectivity index (χ1v) is 11.3. The number of halogens is 1. The molecule has 7 nitrogen and oxygen atoms in total. The van der Waals surface area contributed by atoms with Crippen LogP contribution in [0.25, 0.3) is 21.7 Å². The number of furan rings is 1. The lowest BCUT2D eigenvalue weighted by Gasteiger charge is -2.33. The van der Waals surface area contributed by atoms with Crippen LogP contribution in [0, 0.1) is 12.7 Å². The number of carbonyl (C=O) groups excluding carboxylic acids is 1. The van der Waals surface area contributed by atoms with Crippen molar-refractivity contribution >= 4 is 28.2 Å². The van der Waals surface area contributed by atoms with E-state index in [4.69, 9.17) is 4.42 Å². The van der Waals surface area contributed by atoms with E-state index in [-0.39, 0.29) is 11.7 Å². The molecule has 1 aliphatic heterocycles. The molecule has 1 aromatic carbocycles. The Labute approximate surface area is 191 Å². The van der Waals surface area contributed by atoms with Crippen LogP contribution in [0.4, 0.5) is 4.39 Å². The number of aromatic amines is 1. The van der Waals surface area contributed by atoms with Gasteiger partial charge in [-0.05, 0) is 37.3 Å². The molecule has 9 heteroatoms. The number of pyridine rings is 1. The van der Waals surface area contributed by atoms with E-state index in [1.54, 1.807) is 29.7 Å². The van der Waals surface area contributed by atoms with E-state index in [0.29, 0.717) is 39.6 Å². The van der Waals surface area contributed by atoms with E-state index in [1.807, 2.05) is 25.1 Å². The fourth-order valence-corrected chi connectivity index (χ4v) is 5.21. The zero-order valence-electron chi connectivity index (χ0n) is 17.6. The molecule has 1 amide bonds. The van der Waals surface area contributed by atoms with Crippen molar-refractivity contribution in [3.8, 4) is 10.7 Å². The Morgan fingerprint density at radius 1 is 1.24 bits per heavy atom. The highest BCUT2D eigenvalue weighted by Crippen LogP contribution is 2.40. The van der Waals surface area contributed by atoms with Crippen molar-refractivity contribution in [1.29, 1.82) is 0 Å². The molecule has 1 aliphatic rings. The summed E-state index contributed by atoms with van der Waals surface area (Å²) in [6, 6.07) is 9.51. The highest BCUT2D eigenvalue weighted by atomic mass is 32.1. The highest BCUT2D eigenvalue weighted by molar-refractivity contribution is 7.16. The summed E-state index contributed by atoms with van der Waals surface area (Å²) in [6.07, 6.45) is 5.58. The predicted molar refractivity (Wildman–Crippen MR) is 121 cm³/mol. The van der Waals surface area contributed by atoms with Gasteiger partial charge in [-0.1, -0.05) is 6.07 Å². The third kappa shape index (κ3) is 3.23. The number of nitrogens with zero attached hydrogens (tertiary/aromatic N) is 4. The van der Waals surface area contributed by atoms with E-state index in [1.165, 1.54) is 23.5 Å². The minimum Gasteiger partial charge on any atom is -0.458 e. The van der Waals surface area contributed by atoms with E-state index >= 15 is 0 Å². The van der Waals surface area contributed by atoms with Crippen molar-refractivity contribution < 1.29 is 13.6 Å². The number of amides is 1. The molecule has 0 saturated carbocycles. The maximum atomic E-state index is 13.9. The molecule has 0 saturated heterocycles. The number of rotatable bonds is 3. The molecular formula is C24H18FN5O2S. The maximum absolute atomic E-state index is 13.9. The Kier molecular flexibility index (Phi) is 4.58. The first-order chi connectivity index (χ1) is 16.1. The summed E-state index contributed by atoms with van der Waals surface area (Å²) < 4.78 is 20.1. The maximum Gasteiger partial charge on any atom is 0.266 e. The molecule has 0 aliphatic carbocycles. The quantitative estimate of drug-likeness (QED) is 0.414. The van der Waals surface area contributed by atoms with Crippen LogP contribution < -0.4 is 0 Å². The lowest BCUT2D eigenvalue weighted by atomic mass is 9.97. The molecule has 1 atom stereocenters. The molecule has 4 aromatic heterocycles. The average molecular weight is 460 g/mol. The van der Waals surface area contributed by atoms with Gasteiger partial charge in [-0.3, -0.25) is 9.78 Å². The summed E-state index contributed by atoms with van der Waals surface area (Å²) in [7, 11) is 0. The number of aryl methyl sites for hydroxylation is 1. The second-order valence-electron chi connectivity index (χ2n) is 7.89. The Bertz CT molecular complexity index is 1490. The van der Waals surface area contributed by atoms with Gasteiger partial charge in [0, 0.05) is 35.8 Å². The Morgan fingerprint density at radius 2 is 2.15 bits per heavy atom. The minimum atomic E-state index is -0.525. The van der Waals surface area contributed by atoms with Crippen molar-refractivity contribution in [3.63, 3.8) is 0 Å². The number of imidazole rings is 1. The fraction of sp³-hybridized carbons (Fsp3) is 0.167. The van der Waals surface area contributed by atoms with Crippen LogP contribution >= 0.6 is 11.3 Å². The zero-order chi connectivity index (χ0) is 22.5. The summed E-state index contributed by atoms with van der Waals surface area (Å²) in [5, 5.41) is 1.37. The fourth-order valence-electron chi connectivity index (χ4n) is 4.36. The van der Waals surface area contributed by atoms with E-state index < -0.39 is 6.04 Å². The number of aromatic nitrogens is 4. The second-order valence-corrected chi connectivity index (χ2v) is 8.92. The molecule has 0 radical (unpaired) electrons. The molecule has 164 valence electrons. The van der Waals surface area contributed by atoms with Crippen LogP contribution in [-0.4, -0.2) is 37.3 Å². The van der Waals surface area contributed by atoms with Gasteiger partial charge >= 0.3 is 0 Å². The first kappa shape index (κ1) is 19.8. The van der Waals surface area contributed by atoms with Crippen LogP contribution in [-0.2, 0) is 6.42 Å². The van der Waals surface area contributed by atoms with Gasteiger partial charge in [-0.15, -0.1) is 11.3 Å². The number of thiazole rings is 1. The highest BCUT2D eigenvalue weighted by Gasteiger charge is 2.38. The Hall–Kier alpha value is -3.85. The topological polar surface area (TPSA) is 87.9 Å². The Balaban J connectivity index is 1.43. The van der Waals surface area contributed by atoms with Crippen LogP contribution in [0.3, 0.4) is 0 Å². The Morgan fingerprint density at radius 3 is 3.00 bits per heavy atom. The van der Waals surface area contributed by atoms with Gasteiger partial charge in [0.25, 0.3) is 5.91 Å². The van der Waals surface area contributed by atoms with Crippen molar-refractivity contribution in [2.75, 3.05) is 6.54 Å². The summed E-state index contributed by atoms with van der Waals surface area (Å²) in [5.74, 6) is 0.104. The normalized spacial score (nSPS) is 15.7. The van der Waals surface area contributed by atoms with Crippen molar-refractivity contribution in [2.24, 2.45) is 0 Å². The van der Waals surface area contributed by atoms with Gasteiger partial charge in [-0.2, -0.15) is 0 Å². The number of hydrogen-bond donors (Lipinski definition) is 1. The third-order valence-electron chi connectivity index (χ3n) is 5.97. The largest absolute Gasteiger partial charge is 0.458 e. The molecule has 0 unspecified atom stereocenters. The standard InChI is InChI=1S/C24H18FN5O2S/c1-13-15-10-14(25)5-6-18(15)32-22(13)21-20-16(28-12-29-20)7-9-30(21)24(31)19-11-27-23(33-19)17-4-2-3-8-26-17/h2-6,8,10-12,21H,7,9H2,1H3,(H,28,29)/t21-/m0/s1. The number of benzene rings is 1. The SMILES string of the molecule is Cc1c([C@@H]2c3nc[nH]c3CCN2C(=O)c2cnc(-c3ccccn3)s2)oc2ccc(F)cc12. The molecule has 1 N–H and O–H groups in total. The van der Waals surface area contributed by atoms with Gasteiger partial charge < -0.3 is 14.3 Å². The van der Waals surface area contributed by atoms with Gasteiger partial charge in [0.2, 0.25) is 0 Å². The third-order valence-corrected chi connectivity index (χ3v) is 6.98. The summed E-state index contributed by atoms with van der Waals surface area (Å²) >= 11 is 1.31. The smallest absolute Gasteiger partial charge is 0.266 e. The monoisotopic (exact) mass is 459 g/mol. The summed E-state index contributed by atoms with van der Waals surface area (Å²) in [4.78, 5) is 32.4. The minimum absolute atomic E-state index is 0.153. The average Bonchev–Trinajstić information content (AvgIpc) is 3.58. The molecule has 5 heterocycles. The van der Waals surface area contributed by atoms with E-state index in [0.717, 1.165) is 22.6 Å². The van der Waals surface area contributed by atoms with E-state index in [9.17, 15) is 9.18 Å². The number of carbonyl (C=O) groups is 1. The molecule has 6 rings (SSSR count). The number of nitrogens with one attached hydrogen (secondary N) is 1. The zero-order valence-corrected chi connectivity index (χ0v) is 18.4. The number of fused-ring (bicyclic) bond motifs is 2. The molecule has 33 heavy (non-hydrogen) atoms. The van der Waals surface area contributed by atoms with Crippen LogP contribution in [0.2, 0.25) is 0 Å². The molecule has 5 aromatic rings. The van der Waals surface area contributed by atoms with Crippen LogP contribution in [0.15, 0.2) is 59.5 Å². The van der Waals surface area contributed by atoms with Crippen molar-refractivity contribution in [2.45, 2.75) is 19.4 Å². The van der Waals surface area contributed by atoms with E-state index in [2.05, 4.69) is 19.9 Å². The van der Waals surface area contributed by atoms with Gasteiger partial charge in [-0.25, -0.2) is 14.4 Å². The van der Waals surface area contributed by atoms with Gasteiger partial charge in [0.05, 0.1) is 23.9 Å². The number of H-pyrrole nitrogens is 1. The lowest BCUT2D eigenvalue weighted by molar-refractivity contribution is 0.0677. The lowest BCUT2D eigenvalue weighted by Crippen LogP contribution is -2.40. The van der Waals surface area contributed by atoms with Crippen molar-refractivity contribution in [3.05, 3.63) is 88.5 Å². The molecule has 0 spiro atoms. The summed E-state index contributed by atoms with van der Waals surface area (Å²) in [5.41, 5.74) is 3.80. The number of hydrogen-bond acceptors (Lipinski definition) is 6. The summed E-state index contributed by atoms with van der Waals surface area (Å²) in [6.45, 7) is 2.37. The molecule has 0 bridgehead atoms.